The second kappa shape index (κ2) is 9.23. The van der Waals surface area contributed by atoms with Crippen LogP contribution in [-0.2, 0) is 9.53 Å². The van der Waals surface area contributed by atoms with Crippen LogP contribution in [0.5, 0.6) is 0 Å². The van der Waals surface area contributed by atoms with Crippen molar-refractivity contribution in [2.24, 2.45) is 40.4 Å². The lowest BCUT2D eigenvalue weighted by atomic mass is 9.54. The largest absolute Gasteiger partial charge is 0.462 e. The number of carbonyl (C=O) groups excluding carboxylic acids is 1. The quantitative estimate of drug-likeness (QED) is 0.301. The minimum Gasteiger partial charge on any atom is -0.462 e. The summed E-state index contributed by atoms with van der Waals surface area (Å²) in [4.78, 5) is 11.5. The zero-order valence-electron chi connectivity index (χ0n) is 22.1. The highest BCUT2D eigenvalue weighted by Crippen LogP contribution is 2.64. The molecule has 0 unspecified atom stereocenters. The second-order valence-corrected chi connectivity index (χ2v) is 12.2. The van der Waals surface area contributed by atoms with E-state index in [1.54, 1.807) is 11.1 Å². The van der Waals surface area contributed by atoms with Gasteiger partial charge in [-0.2, -0.15) is 0 Å². The number of ether oxygens (including phenoxy) is 1. The molecule has 182 valence electrons. The van der Waals surface area contributed by atoms with E-state index in [4.69, 9.17) is 4.74 Å². The van der Waals surface area contributed by atoms with Crippen LogP contribution in [0.4, 0.5) is 0 Å². The Bertz CT molecular complexity index is 887. The van der Waals surface area contributed by atoms with Crippen LogP contribution >= 0.6 is 0 Å². The zero-order chi connectivity index (χ0) is 24.0. The van der Waals surface area contributed by atoms with E-state index in [9.17, 15) is 4.79 Å². The Morgan fingerprint density at radius 2 is 1.91 bits per heavy atom. The van der Waals surface area contributed by atoms with Crippen molar-refractivity contribution in [3.63, 3.8) is 0 Å². The number of allylic oxidation sites excluding steroid dienone is 7. The lowest BCUT2D eigenvalue weighted by Gasteiger charge is -2.50. The summed E-state index contributed by atoms with van der Waals surface area (Å²) in [6.07, 6.45) is 20.6. The highest BCUT2D eigenvalue weighted by molar-refractivity contribution is 5.66. The standard InChI is InChI=1S/C31H46O2/c1-8-23(20(2)3)10-9-21(4)27-13-14-28-26-12-11-24-19-25(33-22(5)32)15-17-30(24,6)29(26)16-18-31(27,28)7/h9-12,16,20-21,23,25,27-28H,8,13-15,17-19H2,1-7H3/b10-9+/t21-,23+,25+,27-,28+,30+,31-/m1/s1. The first kappa shape index (κ1) is 24.6. The van der Waals surface area contributed by atoms with Gasteiger partial charge in [0.25, 0.3) is 0 Å². The lowest BCUT2D eigenvalue weighted by Crippen LogP contribution is -2.41. The van der Waals surface area contributed by atoms with Crippen LogP contribution in [0.2, 0.25) is 0 Å². The molecule has 0 amide bonds. The van der Waals surface area contributed by atoms with Crippen molar-refractivity contribution in [1.29, 1.82) is 0 Å². The topological polar surface area (TPSA) is 26.3 Å². The fraction of sp³-hybridized carbons (Fsp3) is 0.710. The number of rotatable bonds is 6. The van der Waals surface area contributed by atoms with Crippen LogP contribution in [0, 0.1) is 40.4 Å². The molecule has 0 aromatic carbocycles. The van der Waals surface area contributed by atoms with Gasteiger partial charge in [0.15, 0.2) is 0 Å². The molecule has 0 radical (unpaired) electrons. The average Bonchev–Trinajstić information content (AvgIpc) is 3.11. The molecule has 2 heteroatoms. The van der Waals surface area contributed by atoms with Crippen molar-refractivity contribution in [2.75, 3.05) is 0 Å². The van der Waals surface area contributed by atoms with Crippen molar-refractivity contribution < 1.29 is 9.53 Å². The van der Waals surface area contributed by atoms with Gasteiger partial charge in [0, 0.05) is 18.8 Å². The molecule has 4 rings (SSSR count). The van der Waals surface area contributed by atoms with Gasteiger partial charge in [-0.15, -0.1) is 0 Å². The van der Waals surface area contributed by atoms with Gasteiger partial charge in [0.05, 0.1) is 0 Å². The van der Waals surface area contributed by atoms with E-state index in [-0.39, 0.29) is 17.5 Å². The molecule has 4 aliphatic rings. The summed E-state index contributed by atoms with van der Waals surface area (Å²) in [5.41, 5.74) is 5.16. The number of carbonyl (C=O) groups is 1. The minimum absolute atomic E-state index is 0.0486. The van der Waals surface area contributed by atoms with Crippen LogP contribution in [0.1, 0.15) is 93.4 Å². The molecule has 2 fully saturated rings. The third-order valence-corrected chi connectivity index (χ3v) is 9.98. The molecule has 0 spiro atoms. The van der Waals surface area contributed by atoms with Crippen LogP contribution in [0.15, 0.2) is 47.1 Å². The Morgan fingerprint density at radius 3 is 2.58 bits per heavy atom. The fourth-order valence-electron chi connectivity index (χ4n) is 7.86. The normalized spacial score (nSPS) is 37.5. The van der Waals surface area contributed by atoms with Crippen molar-refractivity contribution >= 4 is 5.97 Å². The first-order valence-electron chi connectivity index (χ1n) is 13.6. The highest BCUT2D eigenvalue weighted by atomic mass is 16.5. The molecule has 0 bridgehead atoms. The van der Waals surface area contributed by atoms with E-state index in [0.717, 1.165) is 31.1 Å². The van der Waals surface area contributed by atoms with Gasteiger partial charge < -0.3 is 4.74 Å². The molecule has 0 aliphatic heterocycles. The predicted molar refractivity (Wildman–Crippen MR) is 138 cm³/mol. The van der Waals surface area contributed by atoms with Gasteiger partial charge in [0.1, 0.15) is 6.10 Å². The van der Waals surface area contributed by atoms with E-state index in [0.29, 0.717) is 23.2 Å². The number of fused-ring (bicyclic) bond motifs is 5. The molecular weight excluding hydrogens is 404 g/mol. The summed E-state index contributed by atoms with van der Waals surface area (Å²) in [7, 11) is 0. The molecule has 4 aliphatic carbocycles. The average molecular weight is 451 g/mol. The van der Waals surface area contributed by atoms with E-state index < -0.39 is 0 Å². The maximum absolute atomic E-state index is 11.5. The fourth-order valence-corrected chi connectivity index (χ4v) is 7.86. The third kappa shape index (κ3) is 4.32. The van der Waals surface area contributed by atoms with Crippen molar-refractivity contribution in [2.45, 2.75) is 99.5 Å². The van der Waals surface area contributed by atoms with E-state index in [1.165, 1.54) is 38.2 Å². The first-order chi connectivity index (χ1) is 15.6. The molecule has 0 N–H and O–H groups in total. The van der Waals surface area contributed by atoms with Gasteiger partial charge in [-0.25, -0.2) is 0 Å². The van der Waals surface area contributed by atoms with E-state index >= 15 is 0 Å². The molecule has 0 aromatic heterocycles. The van der Waals surface area contributed by atoms with Gasteiger partial charge in [0.2, 0.25) is 0 Å². The molecule has 0 heterocycles. The predicted octanol–water partition coefficient (Wildman–Crippen LogP) is 8.21. The Labute approximate surface area is 202 Å². The number of hydrogen-bond acceptors (Lipinski definition) is 2. The van der Waals surface area contributed by atoms with Crippen LogP contribution in [-0.4, -0.2) is 12.1 Å². The van der Waals surface area contributed by atoms with Crippen LogP contribution < -0.4 is 0 Å². The summed E-state index contributed by atoms with van der Waals surface area (Å²) in [6.45, 7) is 16.0. The van der Waals surface area contributed by atoms with E-state index in [1.807, 2.05) is 0 Å². The van der Waals surface area contributed by atoms with Gasteiger partial charge in [-0.05, 0) is 84.7 Å². The summed E-state index contributed by atoms with van der Waals surface area (Å²) < 4.78 is 5.58. The van der Waals surface area contributed by atoms with Gasteiger partial charge in [-0.3, -0.25) is 4.79 Å². The molecule has 0 saturated heterocycles. The van der Waals surface area contributed by atoms with Crippen molar-refractivity contribution in [3.8, 4) is 0 Å². The maximum atomic E-state index is 11.5. The molecular formula is C31H46O2. The summed E-state index contributed by atoms with van der Waals surface area (Å²) in [6, 6.07) is 0. The molecule has 33 heavy (non-hydrogen) atoms. The number of hydrogen-bond donors (Lipinski definition) is 0. The summed E-state index contributed by atoms with van der Waals surface area (Å²) in [5.74, 6) is 3.32. The van der Waals surface area contributed by atoms with Crippen LogP contribution in [0.25, 0.3) is 0 Å². The SMILES string of the molecule is CC[C@@H](/C=C/[C@@H](C)[C@H]1CC[C@H]2C3=CC=C4C[C@@H](OC(C)=O)CC[C@]4(C)C3=CC[C@]12C)C(C)C. The number of esters is 1. The smallest absolute Gasteiger partial charge is 0.302 e. The zero-order valence-corrected chi connectivity index (χ0v) is 22.1. The molecule has 0 aromatic rings. The van der Waals surface area contributed by atoms with Crippen molar-refractivity contribution in [3.05, 3.63) is 47.1 Å². The van der Waals surface area contributed by atoms with Crippen molar-refractivity contribution in [1.82, 2.24) is 0 Å². The van der Waals surface area contributed by atoms with Crippen LogP contribution in [0.3, 0.4) is 0 Å². The van der Waals surface area contributed by atoms with E-state index in [2.05, 4.69) is 71.9 Å². The maximum Gasteiger partial charge on any atom is 0.302 e. The Balaban J connectivity index is 1.56. The highest BCUT2D eigenvalue weighted by Gasteiger charge is 2.54. The summed E-state index contributed by atoms with van der Waals surface area (Å²) in [5, 5.41) is 0. The Morgan fingerprint density at radius 1 is 1.15 bits per heavy atom. The minimum atomic E-state index is -0.150. The molecule has 2 saturated carbocycles. The van der Waals surface area contributed by atoms with Gasteiger partial charge >= 0.3 is 5.97 Å². The Hall–Kier alpha value is -1.57. The monoisotopic (exact) mass is 450 g/mol. The molecule has 7 atom stereocenters. The third-order valence-electron chi connectivity index (χ3n) is 9.98. The molecule has 2 nitrogen and oxygen atoms in total. The first-order valence-corrected chi connectivity index (χ1v) is 13.6. The Kier molecular flexibility index (Phi) is 6.87. The lowest BCUT2D eigenvalue weighted by molar-refractivity contribution is -0.147. The summed E-state index contributed by atoms with van der Waals surface area (Å²) >= 11 is 0. The van der Waals surface area contributed by atoms with Gasteiger partial charge in [-0.1, -0.05) is 77.5 Å². The second-order valence-electron chi connectivity index (χ2n) is 12.2.